The summed E-state index contributed by atoms with van der Waals surface area (Å²) in [7, 11) is 0. The van der Waals surface area contributed by atoms with Crippen molar-refractivity contribution >= 4 is 42.9 Å². The van der Waals surface area contributed by atoms with Crippen LogP contribution in [-0.2, 0) is 17.8 Å². The number of para-hydroxylation sites is 1. The fourth-order valence-electron chi connectivity index (χ4n) is 5.63. The number of piperazine rings is 1. The van der Waals surface area contributed by atoms with E-state index in [-0.39, 0.29) is 67.6 Å². The first-order valence-corrected chi connectivity index (χ1v) is 13.2. The molecule has 0 saturated carbocycles. The molecule has 5 rings (SSSR count). The van der Waals surface area contributed by atoms with Crippen molar-refractivity contribution in [2.24, 2.45) is 0 Å². The van der Waals surface area contributed by atoms with Crippen molar-refractivity contribution in [1.29, 1.82) is 0 Å². The zero-order valence-electron chi connectivity index (χ0n) is 22.6. The zero-order chi connectivity index (χ0) is 26.5. The van der Waals surface area contributed by atoms with E-state index in [1.54, 1.807) is 24.3 Å². The topological polar surface area (TPSA) is 59.4 Å². The molecule has 2 N–H and O–H groups in total. The Balaban J connectivity index is 0.00000196. The normalized spacial score (nSPS) is 22.5. The van der Waals surface area contributed by atoms with E-state index in [0.717, 1.165) is 37.3 Å². The lowest BCUT2D eigenvalue weighted by atomic mass is 10.0. The molecule has 11 heteroatoms. The van der Waals surface area contributed by atoms with Gasteiger partial charge in [0.1, 0.15) is 23.8 Å². The highest BCUT2D eigenvalue weighted by Gasteiger charge is 2.47. The molecule has 0 aromatic heterocycles. The minimum absolute atomic E-state index is 0. The minimum atomic E-state index is -0.813. The molecule has 4 atom stereocenters. The fourth-order valence-corrected chi connectivity index (χ4v) is 5.63. The second kappa shape index (κ2) is 16.6. The molecule has 2 aliphatic heterocycles. The largest absolute Gasteiger partial charge is 0.394 e. The van der Waals surface area contributed by atoms with Gasteiger partial charge in [0.05, 0.1) is 18.8 Å². The number of hydrogen-bond donors (Lipinski definition) is 2. The molecule has 6 nitrogen and oxygen atoms in total. The molecule has 2 fully saturated rings. The van der Waals surface area contributed by atoms with Crippen LogP contribution >= 0.6 is 37.2 Å². The Morgan fingerprint density at radius 3 is 1.73 bits per heavy atom. The van der Waals surface area contributed by atoms with Gasteiger partial charge < -0.3 is 19.8 Å². The number of ether oxygens (including phenoxy) is 1. The van der Waals surface area contributed by atoms with Gasteiger partial charge in [-0.05, 0) is 47.5 Å². The smallest absolute Gasteiger partial charge is 0.123 e. The summed E-state index contributed by atoms with van der Waals surface area (Å²) in [6, 6.07) is 22.8. The molecule has 3 aromatic rings. The Morgan fingerprint density at radius 2 is 1.24 bits per heavy atom. The number of benzene rings is 3. The van der Waals surface area contributed by atoms with Crippen molar-refractivity contribution < 1.29 is 23.7 Å². The van der Waals surface area contributed by atoms with Crippen LogP contribution in [0.25, 0.3) is 0 Å². The van der Waals surface area contributed by atoms with Gasteiger partial charge in [0.25, 0.3) is 0 Å². The van der Waals surface area contributed by atoms with E-state index in [1.807, 2.05) is 18.2 Å². The van der Waals surface area contributed by atoms with Gasteiger partial charge in [-0.2, -0.15) is 0 Å². The molecule has 3 aromatic carbocycles. The zero-order valence-corrected chi connectivity index (χ0v) is 25.0. The van der Waals surface area contributed by atoms with Crippen molar-refractivity contribution in [1.82, 2.24) is 9.80 Å². The van der Waals surface area contributed by atoms with Crippen LogP contribution in [0.1, 0.15) is 11.1 Å². The van der Waals surface area contributed by atoms with Crippen LogP contribution in [0, 0.1) is 11.6 Å². The molecule has 0 spiro atoms. The van der Waals surface area contributed by atoms with E-state index in [1.165, 1.54) is 30.0 Å². The third-order valence-electron chi connectivity index (χ3n) is 7.58. The standard InChI is InChI=1S/C30H35F2N3O3.3ClH/c31-24-10-6-22(7-11-24)18-33(19-23-8-12-25(32)13-9-23)20-27-29(30(37)28(21-36)38-27)35-16-14-34(15-17-35)26-4-2-1-3-5-26;;;/h1-13,27-30,36-37H,14-21H2;3*1H/t27-,28+,29+,30-;;;/m1.../s1. The first-order valence-electron chi connectivity index (χ1n) is 13.2. The van der Waals surface area contributed by atoms with Crippen molar-refractivity contribution in [2.75, 3.05) is 44.2 Å². The fraction of sp³-hybridized carbons (Fsp3) is 0.400. The Bertz CT molecular complexity index is 1110. The van der Waals surface area contributed by atoms with Gasteiger partial charge in [-0.1, -0.05) is 42.5 Å². The monoisotopic (exact) mass is 631 g/mol. The first kappa shape index (κ1) is 35.2. The third-order valence-corrected chi connectivity index (χ3v) is 7.58. The molecule has 0 aliphatic carbocycles. The summed E-state index contributed by atoms with van der Waals surface area (Å²) < 4.78 is 33.3. The maximum Gasteiger partial charge on any atom is 0.123 e. The lowest BCUT2D eigenvalue weighted by Gasteiger charge is -2.42. The quantitative estimate of drug-likeness (QED) is 0.361. The minimum Gasteiger partial charge on any atom is -0.394 e. The molecule has 0 bridgehead atoms. The number of aliphatic hydroxyl groups excluding tert-OH is 2. The van der Waals surface area contributed by atoms with Crippen LogP contribution < -0.4 is 4.90 Å². The SMILES string of the molecule is Cl.Cl.Cl.OC[C@@H]1O[C@H](CN(Cc2ccc(F)cc2)Cc2ccc(F)cc2)[C@H](N2CCN(c3ccccc3)CC2)[C@@H]1O. The van der Waals surface area contributed by atoms with E-state index in [4.69, 9.17) is 4.74 Å². The van der Waals surface area contributed by atoms with Crippen LogP contribution in [0.5, 0.6) is 0 Å². The van der Waals surface area contributed by atoms with Crippen LogP contribution in [0.15, 0.2) is 78.9 Å². The number of nitrogens with zero attached hydrogens (tertiary/aromatic N) is 3. The Hall–Kier alpha value is -2.01. The number of halogens is 5. The number of anilines is 1. The molecule has 0 radical (unpaired) electrons. The van der Waals surface area contributed by atoms with Gasteiger partial charge >= 0.3 is 0 Å². The van der Waals surface area contributed by atoms with E-state index in [0.29, 0.717) is 19.6 Å². The predicted molar refractivity (Wildman–Crippen MR) is 164 cm³/mol. The van der Waals surface area contributed by atoms with Crippen LogP contribution in [0.3, 0.4) is 0 Å². The van der Waals surface area contributed by atoms with Crippen molar-refractivity contribution in [3.05, 3.63) is 102 Å². The molecular formula is C30H38Cl3F2N3O3. The van der Waals surface area contributed by atoms with Crippen LogP contribution in [0.2, 0.25) is 0 Å². The highest BCUT2D eigenvalue weighted by atomic mass is 35.5. The summed E-state index contributed by atoms with van der Waals surface area (Å²) in [4.78, 5) is 6.79. The highest BCUT2D eigenvalue weighted by Crippen LogP contribution is 2.29. The average molecular weight is 633 g/mol. The summed E-state index contributed by atoms with van der Waals surface area (Å²) in [5, 5.41) is 21.1. The second-order valence-electron chi connectivity index (χ2n) is 10.2. The Kier molecular flexibility index (Phi) is 14.2. The summed E-state index contributed by atoms with van der Waals surface area (Å²) in [5.41, 5.74) is 3.07. The van der Waals surface area contributed by atoms with E-state index < -0.39 is 12.2 Å². The molecule has 2 heterocycles. The van der Waals surface area contributed by atoms with Crippen molar-refractivity contribution in [3.63, 3.8) is 0 Å². The number of hydrogen-bond acceptors (Lipinski definition) is 6. The van der Waals surface area contributed by atoms with Gasteiger partial charge in [0, 0.05) is 51.5 Å². The van der Waals surface area contributed by atoms with Crippen molar-refractivity contribution in [2.45, 2.75) is 37.4 Å². The molecule has 2 saturated heterocycles. The maximum absolute atomic E-state index is 13.5. The lowest BCUT2D eigenvalue weighted by Crippen LogP contribution is -2.57. The molecular weight excluding hydrogens is 595 g/mol. The molecule has 0 unspecified atom stereocenters. The summed E-state index contributed by atoms with van der Waals surface area (Å²) >= 11 is 0. The van der Waals surface area contributed by atoms with Crippen molar-refractivity contribution in [3.8, 4) is 0 Å². The predicted octanol–water partition coefficient (Wildman–Crippen LogP) is 4.54. The van der Waals surface area contributed by atoms with Gasteiger partial charge in [0.2, 0.25) is 0 Å². The summed E-state index contributed by atoms with van der Waals surface area (Å²) in [5.74, 6) is -0.580. The number of aliphatic hydroxyl groups is 2. The van der Waals surface area contributed by atoms with Gasteiger partial charge in [-0.25, -0.2) is 8.78 Å². The molecule has 2 aliphatic rings. The molecule has 0 amide bonds. The van der Waals surface area contributed by atoms with E-state index >= 15 is 0 Å². The Morgan fingerprint density at radius 1 is 0.732 bits per heavy atom. The van der Waals surface area contributed by atoms with Gasteiger partial charge in [-0.15, -0.1) is 37.2 Å². The van der Waals surface area contributed by atoms with Crippen LogP contribution in [-0.4, -0.2) is 83.7 Å². The average Bonchev–Trinajstić information content (AvgIpc) is 3.26. The second-order valence-corrected chi connectivity index (χ2v) is 10.2. The molecule has 226 valence electrons. The Labute approximate surface area is 259 Å². The van der Waals surface area contributed by atoms with Crippen LogP contribution in [0.4, 0.5) is 14.5 Å². The highest BCUT2D eigenvalue weighted by molar-refractivity contribution is 5.86. The number of rotatable bonds is 9. The van der Waals surface area contributed by atoms with E-state index in [9.17, 15) is 19.0 Å². The maximum atomic E-state index is 13.5. The van der Waals surface area contributed by atoms with Gasteiger partial charge in [0.15, 0.2) is 0 Å². The summed E-state index contributed by atoms with van der Waals surface area (Å²) in [6.07, 6.45) is -1.81. The third kappa shape index (κ3) is 8.99. The lowest BCUT2D eigenvalue weighted by molar-refractivity contribution is -0.0325. The molecule has 41 heavy (non-hydrogen) atoms. The van der Waals surface area contributed by atoms with Gasteiger partial charge in [-0.3, -0.25) is 9.80 Å². The summed E-state index contributed by atoms with van der Waals surface area (Å²) in [6.45, 7) is 4.50. The first-order chi connectivity index (χ1) is 18.5. The van der Waals surface area contributed by atoms with E-state index in [2.05, 4.69) is 26.8 Å².